The van der Waals surface area contributed by atoms with Crippen LogP contribution in [0.15, 0.2) is 42.4 Å². The number of hydrogen-bond donors (Lipinski definition) is 8. The SMILES string of the molecule is C=CCCC(=O)N(C)C(COCC(C)(C)O)C(=O)O[C@H]1[C@@H](O)[C@H](n2cnc3c(N)ncnc32)O[C@@H]1COP(=O)(O)O[C@H]1[C@@H](O)[C@H](n2ccc(N)nc2=O)O[C@@H]1COP(=O)(O)O. The fourth-order valence-electron chi connectivity index (χ4n) is 6.19. The minimum atomic E-state index is -5.44. The molecule has 0 bridgehead atoms. The minimum Gasteiger partial charge on any atom is -0.455 e. The highest BCUT2D eigenvalue weighted by molar-refractivity contribution is 7.47. The van der Waals surface area contributed by atoms with Gasteiger partial charge < -0.3 is 65.3 Å². The van der Waals surface area contributed by atoms with E-state index in [0.29, 0.717) is 0 Å². The monoisotopic (exact) mass is 907 g/mol. The second-order valence-corrected chi connectivity index (χ2v) is 17.1. The first-order chi connectivity index (χ1) is 28.5. The number of hydrogen-bond acceptors (Lipinski definition) is 21. The number of allylic oxidation sites excluding steroid dienone is 1. The lowest BCUT2D eigenvalue weighted by Crippen LogP contribution is -2.49. The molecular formula is C32H47N9O18P2. The molecule has 1 amide bonds. The van der Waals surface area contributed by atoms with Crippen LogP contribution in [0.25, 0.3) is 11.2 Å². The van der Waals surface area contributed by atoms with E-state index in [1.165, 1.54) is 37.9 Å². The Kier molecular flexibility index (Phi) is 15.2. The van der Waals surface area contributed by atoms with Crippen LogP contribution in [0.1, 0.15) is 39.1 Å². The molecule has 2 unspecified atom stereocenters. The van der Waals surface area contributed by atoms with E-state index in [-0.39, 0.29) is 42.2 Å². The van der Waals surface area contributed by atoms with E-state index in [9.17, 15) is 53.5 Å². The van der Waals surface area contributed by atoms with Crippen molar-refractivity contribution in [3.05, 3.63) is 48.1 Å². The number of aliphatic hydroxyl groups is 3. The van der Waals surface area contributed by atoms with E-state index >= 15 is 0 Å². The molecule has 0 radical (unpaired) electrons. The van der Waals surface area contributed by atoms with Gasteiger partial charge in [0.25, 0.3) is 0 Å². The molecule has 10 atom stereocenters. The van der Waals surface area contributed by atoms with Gasteiger partial charge in [0.2, 0.25) is 5.91 Å². The van der Waals surface area contributed by atoms with Crippen LogP contribution in [-0.4, -0.2) is 158 Å². The minimum absolute atomic E-state index is 0.0297. The summed E-state index contributed by atoms with van der Waals surface area (Å²) in [5, 5.41) is 33.0. The van der Waals surface area contributed by atoms with Crippen LogP contribution in [0.3, 0.4) is 0 Å². The molecule has 0 aromatic carbocycles. The van der Waals surface area contributed by atoms with E-state index in [2.05, 4.69) is 31.0 Å². The number of aliphatic hydroxyl groups excluding tert-OH is 2. The second kappa shape index (κ2) is 19.4. The standard InChI is InChI=1S/C32H47N9O18P2/c1-5-6-7-20(42)39(4)16(10-53-13-32(2,3)47)30(45)58-24-17(56-29(22(24)43)41-15-37-21-26(34)35-14-36-27(21)41)12-55-61(51,52)59-25-18(11-54-60(48,49)50)57-28(23(25)44)40-9-8-19(33)38-31(40)46/h5,8-9,14-18,22-25,28-29,43-44,47H,1,6-7,10-13H2,2-4H3,(H,51,52)(H2,33,38,46)(H2,34,35,36)(H2,48,49,50)/t16?,17-,18-,22-,23-,24-,25-,28-,29-/m1/s1. The molecule has 2 aliphatic heterocycles. The molecule has 5 rings (SSSR count). The van der Waals surface area contributed by atoms with Crippen LogP contribution in [0.2, 0.25) is 0 Å². The third kappa shape index (κ3) is 12.0. The highest BCUT2D eigenvalue weighted by Crippen LogP contribution is 2.50. The Morgan fingerprint density at radius 3 is 2.31 bits per heavy atom. The predicted octanol–water partition coefficient (Wildman–Crippen LogP) is -2.13. The van der Waals surface area contributed by atoms with E-state index in [1.807, 2.05) is 0 Å². The van der Waals surface area contributed by atoms with Crippen LogP contribution < -0.4 is 17.2 Å². The molecule has 2 saturated heterocycles. The molecule has 0 spiro atoms. The molecule has 27 nitrogen and oxygen atoms in total. The number of fused-ring (bicyclic) bond motifs is 1. The zero-order valence-corrected chi connectivity index (χ0v) is 34.6. The average molecular weight is 908 g/mol. The van der Waals surface area contributed by atoms with E-state index in [4.69, 9.17) is 39.5 Å². The molecule has 61 heavy (non-hydrogen) atoms. The Balaban J connectivity index is 1.41. The van der Waals surface area contributed by atoms with Crippen molar-refractivity contribution in [3.8, 4) is 0 Å². The van der Waals surface area contributed by atoms with Gasteiger partial charge in [0.05, 0.1) is 38.4 Å². The number of carbonyl (C=O) groups is 2. The van der Waals surface area contributed by atoms with Crippen LogP contribution in [-0.2, 0) is 51.2 Å². The van der Waals surface area contributed by atoms with Crippen molar-refractivity contribution in [2.75, 3.05) is 44.9 Å². The van der Waals surface area contributed by atoms with Gasteiger partial charge >= 0.3 is 27.3 Å². The number of nitrogens with two attached hydrogens (primary N) is 2. The van der Waals surface area contributed by atoms with Gasteiger partial charge in [-0.2, -0.15) is 4.98 Å². The zero-order valence-electron chi connectivity index (χ0n) is 32.8. The summed E-state index contributed by atoms with van der Waals surface area (Å²) in [4.78, 5) is 85.7. The van der Waals surface area contributed by atoms with Crippen LogP contribution >= 0.6 is 15.6 Å². The quantitative estimate of drug-likeness (QED) is 0.0341. The summed E-state index contributed by atoms with van der Waals surface area (Å²) >= 11 is 0. The van der Waals surface area contributed by atoms with Crippen LogP contribution in [0.4, 0.5) is 11.6 Å². The number of anilines is 2. The Labute approximate surface area is 345 Å². The summed E-state index contributed by atoms with van der Waals surface area (Å²) in [6, 6.07) is -0.299. The predicted molar refractivity (Wildman–Crippen MR) is 204 cm³/mol. The van der Waals surface area contributed by atoms with Gasteiger partial charge in [0, 0.05) is 19.7 Å². The third-order valence-corrected chi connectivity index (χ3v) is 10.6. The fraction of sp³-hybridized carbons (Fsp3) is 0.594. The molecular weight excluding hydrogens is 860 g/mol. The Hall–Kier alpha value is -4.31. The summed E-state index contributed by atoms with van der Waals surface area (Å²) in [5.41, 5.74) is 9.27. The fourth-order valence-corrected chi connectivity index (χ4v) is 7.49. The van der Waals surface area contributed by atoms with Crippen LogP contribution in [0.5, 0.6) is 0 Å². The second-order valence-electron chi connectivity index (χ2n) is 14.4. The van der Waals surface area contributed by atoms with Crippen molar-refractivity contribution in [2.24, 2.45) is 0 Å². The maximum atomic E-state index is 13.9. The maximum Gasteiger partial charge on any atom is 0.472 e. The summed E-state index contributed by atoms with van der Waals surface area (Å²) in [6.45, 7) is 3.71. The van der Waals surface area contributed by atoms with Gasteiger partial charge in [0.1, 0.15) is 48.2 Å². The summed E-state index contributed by atoms with van der Waals surface area (Å²) in [5.74, 6) is -1.87. The third-order valence-electron chi connectivity index (χ3n) is 9.15. The maximum absolute atomic E-state index is 13.9. The molecule has 5 heterocycles. The van der Waals surface area contributed by atoms with E-state index in [1.54, 1.807) is 0 Å². The summed E-state index contributed by atoms with van der Waals surface area (Å²) in [7, 11) is -9.32. The van der Waals surface area contributed by atoms with Crippen molar-refractivity contribution in [1.29, 1.82) is 0 Å². The zero-order chi connectivity index (χ0) is 45.0. The average Bonchev–Trinajstić information content (AvgIpc) is 3.83. The Bertz CT molecular complexity index is 2200. The van der Waals surface area contributed by atoms with E-state index < -0.39 is 114 Å². The van der Waals surface area contributed by atoms with Crippen LogP contribution in [0, 0.1) is 0 Å². The first kappa shape index (κ1) is 47.7. The molecule has 2 fully saturated rings. The largest absolute Gasteiger partial charge is 0.472 e. The highest BCUT2D eigenvalue weighted by Gasteiger charge is 2.52. The van der Waals surface area contributed by atoms with Crippen molar-refractivity contribution >= 4 is 50.3 Å². The number of nitrogens with zero attached hydrogens (tertiary/aromatic N) is 7. The van der Waals surface area contributed by atoms with Gasteiger partial charge in [0.15, 0.2) is 36.1 Å². The van der Waals surface area contributed by atoms with Crippen molar-refractivity contribution in [2.45, 2.75) is 87.4 Å². The normalized spacial score (nSPS) is 25.9. The highest BCUT2D eigenvalue weighted by atomic mass is 31.2. The molecule has 3 aromatic heterocycles. The number of amides is 1. The number of rotatable bonds is 20. The number of phosphoric ester groups is 2. The number of likely N-dealkylation sites (N-methyl/N-ethyl adjacent to an activating group) is 1. The lowest BCUT2D eigenvalue weighted by molar-refractivity contribution is -0.168. The van der Waals surface area contributed by atoms with Crippen molar-refractivity contribution < 1.29 is 81.2 Å². The molecule has 338 valence electrons. The number of aromatic nitrogens is 6. The Morgan fingerprint density at radius 2 is 1.67 bits per heavy atom. The Morgan fingerprint density at radius 1 is 1.03 bits per heavy atom. The molecule has 2 aliphatic rings. The first-order valence-electron chi connectivity index (χ1n) is 18.2. The van der Waals surface area contributed by atoms with Gasteiger partial charge in [-0.15, -0.1) is 6.58 Å². The number of ether oxygens (including phenoxy) is 4. The number of imidazole rings is 1. The van der Waals surface area contributed by atoms with Crippen molar-refractivity contribution in [3.63, 3.8) is 0 Å². The van der Waals surface area contributed by atoms with Crippen molar-refractivity contribution in [1.82, 2.24) is 34.0 Å². The lowest BCUT2D eigenvalue weighted by Gasteiger charge is -2.30. The number of nitrogen functional groups attached to an aromatic ring is 2. The summed E-state index contributed by atoms with van der Waals surface area (Å²) in [6.07, 6.45) is -9.02. The lowest BCUT2D eigenvalue weighted by atomic mass is 10.1. The molecule has 0 aliphatic carbocycles. The number of carbonyl (C=O) groups excluding carboxylic acids is 2. The van der Waals surface area contributed by atoms with Gasteiger partial charge in [-0.25, -0.2) is 33.7 Å². The number of esters is 1. The summed E-state index contributed by atoms with van der Waals surface area (Å²) < 4.78 is 64.9. The number of phosphoric acid groups is 2. The molecule has 29 heteroatoms. The first-order valence-corrected chi connectivity index (χ1v) is 21.2. The molecule has 10 N–H and O–H groups in total. The van der Waals surface area contributed by atoms with Gasteiger partial charge in [-0.1, -0.05) is 6.08 Å². The topological polar surface area (TPSA) is 388 Å². The van der Waals surface area contributed by atoms with Gasteiger partial charge in [-0.3, -0.25) is 27.5 Å². The smallest absolute Gasteiger partial charge is 0.455 e. The van der Waals surface area contributed by atoms with Gasteiger partial charge in [-0.05, 0) is 26.3 Å². The molecule has 3 aromatic rings. The molecule has 0 saturated carbocycles. The van der Waals surface area contributed by atoms with E-state index in [0.717, 1.165) is 28.1 Å².